The highest BCUT2D eigenvalue weighted by Gasteiger charge is 2.34. The van der Waals surface area contributed by atoms with Gasteiger partial charge in [0.15, 0.2) is 5.13 Å². The average molecular weight is 395 g/mol. The zero-order valence-electron chi connectivity index (χ0n) is 14.7. The molecule has 2 aromatic carbocycles. The highest BCUT2D eigenvalue weighted by atomic mass is 32.1. The number of anilines is 1. The molecule has 2 heterocycles. The van der Waals surface area contributed by atoms with Gasteiger partial charge in [0.05, 0.1) is 23.2 Å². The van der Waals surface area contributed by atoms with Crippen molar-refractivity contribution in [2.45, 2.75) is 6.42 Å². The Morgan fingerprint density at radius 1 is 1.14 bits per heavy atom. The normalized spacial score (nSPS) is 13.0. The van der Waals surface area contributed by atoms with E-state index in [0.29, 0.717) is 22.0 Å². The van der Waals surface area contributed by atoms with Gasteiger partial charge in [-0.15, -0.1) is 11.3 Å². The summed E-state index contributed by atoms with van der Waals surface area (Å²) < 4.78 is 13.0. The van der Waals surface area contributed by atoms with Crippen molar-refractivity contribution in [3.8, 4) is 11.3 Å². The minimum absolute atomic E-state index is 0.0541. The average Bonchev–Trinajstić information content (AvgIpc) is 3.22. The van der Waals surface area contributed by atoms with Gasteiger partial charge in [0.25, 0.3) is 11.8 Å². The number of rotatable bonds is 4. The molecule has 6 nitrogen and oxygen atoms in total. The lowest BCUT2D eigenvalue weighted by Gasteiger charge is -2.07. The van der Waals surface area contributed by atoms with Crippen LogP contribution in [-0.2, 0) is 11.2 Å². The Kier molecular flexibility index (Phi) is 4.48. The molecule has 1 N–H and O–H groups in total. The first kappa shape index (κ1) is 18.0. The Bertz CT molecular complexity index is 1110. The number of halogens is 1. The fraction of sp³-hybridized carbons (Fsp3) is 0.100. The van der Waals surface area contributed by atoms with E-state index in [2.05, 4.69) is 10.3 Å². The molecule has 0 spiro atoms. The number of amides is 3. The van der Waals surface area contributed by atoms with Crippen molar-refractivity contribution in [2.24, 2.45) is 0 Å². The maximum absolute atomic E-state index is 13.0. The zero-order chi connectivity index (χ0) is 19.8. The molecule has 28 heavy (non-hydrogen) atoms. The van der Waals surface area contributed by atoms with Crippen molar-refractivity contribution in [3.05, 3.63) is 70.4 Å². The number of hydrogen-bond donors (Lipinski definition) is 1. The Morgan fingerprint density at radius 3 is 2.64 bits per heavy atom. The SMILES string of the molecule is CN1C(=O)c2cccc(CC(=O)Nc3nc(-c4ccc(F)cc4)cs3)c2C1=O. The molecule has 0 fully saturated rings. The number of nitrogens with zero attached hydrogens (tertiary/aromatic N) is 2. The van der Waals surface area contributed by atoms with Gasteiger partial charge < -0.3 is 5.32 Å². The predicted octanol–water partition coefficient (Wildman–Crippen LogP) is 3.36. The lowest BCUT2D eigenvalue weighted by Crippen LogP contribution is -2.24. The van der Waals surface area contributed by atoms with Crippen LogP contribution in [-0.4, -0.2) is 34.7 Å². The molecule has 1 aliphatic heterocycles. The van der Waals surface area contributed by atoms with Crippen molar-refractivity contribution >= 4 is 34.2 Å². The van der Waals surface area contributed by atoms with Crippen LogP contribution in [0.4, 0.5) is 9.52 Å². The van der Waals surface area contributed by atoms with Gasteiger partial charge in [0.1, 0.15) is 5.82 Å². The number of aromatic nitrogens is 1. The first-order valence-electron chi connectivity index (χ1n) is 8.39. The Balaban J connectivity index is 1.50. The minimum Gasteiger partial charge on any atom is -0.302 e. The zero-order valence-corrected chi connectivity index (χ0v) is 15.5. The number of hydrogen-bond acceptors (Lipinski definition) is 5. The van der Waals surface area contributed by atoms with Crippen molar-refractivity contribution < 1.29 is 18.8 Å². The van der Waals surface area contributed by atoms with E-state index in [9.17, 15) is 18.8 Å². The van der Waals surface area contributed by atoms with Gasteiger partial charge >= 0.3 is 0 Å². The molecular weight excluding hydrogens is 381 g/mol. The van der Waals surface area contributed by atoms with Gasteiger partial charge in [-0.2, -0.15) is 0 Å². The Hall–Kier alpha value is -3.39. The third kappa shape index (κ3) is 3.18. The quantitative estimate of drug-likeness (QED) is 0.687. The van der Waals surface area contributed by atoms with Crippen LogP contribution in [0.15, 0.2) is 47.8 Å². The van der Waals surface area contributed by atoms with E-state index in [4.69, 9.17) is 0 Å². The summed E-state index contributed by atoms with van der Waals surface area (Å²) in [6.45, 7) is 0. The van der Waals surface area contributed by atoms with E-state index < -0.39 is 5.91 Å². The van der Waals surface area contributed by atoms with E-state index in [1.54, 1.807) is 35.7 Å². The molecule has 0 saturated carbocycles. The second-order valence-corrected chi connectivity index (χ2v) is 7.14. The van der Waals surface area contributed by atoms with Crippen LogP contribution in [0.5, 0.6) is 0 Å². The smallest absolute Gasteiger partial charge is 0.261 e. The summed E-state index contributed by atoms with van der Waals surface area (Å²) in [7, 11) is 1.42. The van der Waals surface area contributed by atoms with E-state index in [-0.39, 0.29) is 29.6 Å². The Morgan fingerprint density at radius 2 is 1.89 bits per heavy atom. The number of benzene rings is 2. The standard InChI is InChI=1S/C20H14FN3O3S/c1-24-18(26)14-4-2-3-12(17(14)19(24)27)9-16(25)23-20-22-15(10-28-20)11-5-7-13(21)8-6-11/h2-8,10H,9H2,1H3,(H,22,23,25). The largest absolute Gasteiger partial charge is 0.302 e. The van der Waals surface area contributed by atoms with E-state index in [0.717, 1.165) is 10.5 Å². The van der Waals surface area contributed by atoms with Gasteiger partial charge in [-0.05, 0) is 35.9 Å². The van der Waals surface area contributed by atoms with Gasteiger partial charge in [-0.3, -0.25) is 19.3 Å². The molecule has 3 aromatic rings. The summed E-state index contributed by atoms with van der Waals surface area (Å²) in [5, 5.41) is 4.87. The molecule has 8 heteroatoms. The van der Waals surface area contributed by atoms with Crippen molar-refractivity contribution in [3.63, 3.8) is 0 Å². The molecule has 0 radical (unpaired) electrons. The molecule has 140 valence electrons. The molecule has 1 aliphatic rings. The predicted molar refractivity (Wildman–Crippen MR) is 103 cm³/mol. The summed E-state index contributed by atoms with van der Waals surface area (Å²) in [4.78, 5) is 42.2. The number of imide groups is 1. The molecule has 3 amide bonds. The monoisotopic (exact) mass is 395 g/mol. The fourth-order valence-electron chi connectivity index (χ4n) is 3.04. The number of carbonyl (C=O) groups is 3. The summed E-state index contributed by atoms with van der Waals surface area (Å²) in [5.74, 6) is -1.45. The summed E-state index contributed by atoms with van der Waals surface area (Å²) in [6.07, 6.45) is -0.0541. The molecule has 0 aliphatic carbocycles. The fourth-order valence-corrected chi connectivity index (χ4v) is 3.78. The van der Waals surface area contributed by atoms with Crippen LogP contribution < -0.4 is 5.32 Å². The molecule has 1 aromatic heterocycles. The van der Waals surface area contributed by atoms with Crippen LogP contribution in [0.3, 0.4) is 0 Å². The van der Waals surface area contributed by atoms with E-state index in [1.165, 1.54) is 30.5 Å². The van der Waals surface area contributed by atoms with Crippen molar-refractivity contribution in [1.82, 2.24) is 9.88 Å². The van der Waals surface area contributed by atoms with E-state index >= 15 is 0 Å². The number of carbonyl (C=O) groups excluding carboxylic acids is 3. The lowest BCUT2D eigenvalue weighted by atomic mass is 10.00. The number of thiazole rings is 1. The highest BCUT2D eigenvalue weighted by Crippen LogP contribution is 2.27. The molecule has 0 unspecified atom stereocenters. The molecule has 0 saturated heterocycles. The maximum atomic E-state index is 13.0. The molecule has 0 bridgehead atoms. The highest BCUT2D eigenvalue weighted by molar-refractivity contribution is 7.14. The summed E-state index contributed by atoms with van der Waals surface area (Å²) in [6, 6.07) is 10.8. The van der Waals surface area contributed by atoms with Crippen molar-refractivity contribution in [1.29, 1.82) is 0 Å². The third-order valence-electron chi connectivity index (χ3n) is 4.45. The van der Waals surface area contributed by atoms with Crippen LogP contribution in [0, 0.1) is 5.82 Å². The first-order chi connectivity index (χ1) is 13.4. The second kappa shape index (κ2) is 6.97. The lowest BCUT2D eigenvalue weighted by molar-refractivity contribution is -0.115. The van der Waals surface area contributed by atoms with Crippen LogP contribution >= 0.6 is 11.3 Å². The number of nitrogens with one attached hydrogen (secondary N) is 1. The van der Waals surface area contributed by atoms with Crippen molar-refractivity contribution in [2.75, 3.05) is 12.4 Å². The van der Waals surface area contributed by atoms with Gasteiger partial charge in [-0.1, -0.05) is 12.1 Å². The Labute approximate surface area is 163 Å². The molecule has 4 rings (SSSR count). The second-order valence-electron chi connectivity index (χ2n) is 6.28. The molecular formula is C20H14FN3O3S. The summed E-state index contributed by atoms with van der Waals surface area (Å²) in [5.41, 5.74) is 2.45. The number of fused-ring (bicyclic) bond motifs is 1. The van der Waals surface area contributed by atoms with Crippen LogP contribution in [0.25, 0.3) is 11.3 Å². The molecule has 0 atom stereocenters. The van der Waals surface area contributed by atoms with Gasteiger partial charge in [0, 0.05) is 18.0 Å². The summed E-state index contributed by atoms with van der Waals surface area (Å²) >= 11 is 1.25. The van der Waals surface area contributed by atoms with Gasteiger partial charge in [0.2, 0.25) is 5.91 Å². The van der Waals surface area contributed by atoms with Crippen LogP contribution in [0.2, 0.25) is 0 Å². The first-order valence-corrected chi connectivity index (χ1v) is 9.27. The minimum atomic E-state index is -0.406. The van der Waals surface area contributed by atoms with Gasteiger partial charge in [-0.25, -0.2) is 9.37 Å². The van der Waals surface area contributed by atoms with Crippen LogP contribution in [0.1, 0.15) is 26.3 Å². The third-order valence-corrected chi connectivity index (χ3v) is 5.20. The van der Waals surface area contributed by atoms with E-state index in [1.807, 2.05) is 0 Å². The topological polar surface area (TPSA) is 79.4 Å². The maximum Gasteiger partial charge on any atom is 0.261 e.